The molecule has 0 fully saturated rings. The average Bonchev–Trinajstić information content (AvgIpc) is 2.80. The Morgan fingerprint density at radius 3 is 2.40 bits per heavy atom. The third-order valence-electron chi connectivity index (χ3n) is 2.14. The second-order valence-corrected chi connectivity index (χ2v) is 3.19. The molecule has 0 N–H and O–H groups in total. The molecule has 0 atom stereocenters. The van der Waals surface area contributed by atoms with Crippen molar-refractivity contribution in [1.29, 1.82) is 0 Å². The van der Waals surface area contributed by atoms with Gasteiger partial charge in [-0.2, -0.15) is 15.0 Å². The first kappa shape index (κ1) is 9.58. The van der Waals surface area contributed by atoms with Gasteiger partial charge in [-0.3, -0.25) is 0 Å². The maximum Gasteiger partial charge on any atom is 0.120 e. The van der Waals surface area contributed by atoms with Crippen LogP contribution in [-0.4, -0.2) is 21.3 Å². The zero-order chi connectivity index (χ0) is 10.5. The van der Waals surface area contributed by atoms with Gasteiger partial charge in [-0.1, -0.05) is 12.1 Å². The Morgan fingerprint density at radius 2 is 1.80 bits per heavy atom. The Bertz CT molecular complexity index is 420. The van der Waals surface area contributed by atoms with Crippen LogP contribution in [0.3, 0.4) is 0 Å². The van der Waals surface area contributed by atoms with Gasteiger partial charge in [0.15, 0.2) is 0 Å². The van der Waals surface area contributed by atoms with Gasteiger partial charge >= 0.3 is 0 Å². The van der Waals surface area contributed by atoms with Crippen LogP contribution in [-0.2, 0) is 11.2 Å². The van der Waals surface area contributed by atoms with Crippen LogP contribution in [0.1, 0.15) is 12.0 Å². The minimum Gasteiger partial charge on any atom is -0.303 e. The van der Waals surface area contributed by atoms with Crippen molar-refractivity contribution in [1.82, 2.24) is 15.0 Å². The topological polar surface area (TPSA) is 47.8 Å². The maximum absolute atomic E-state index is 10.2. The molecule has 0 aliphatic carbocycles. The normalized spacial score (nSPS) is 10.1. The summed E-state index contributed by atoms with van der Waals surface area (Å²) in [7, 11) is 0. The third-order valence-corrected chi connectivity index (χ3v) is 2.14. The number of benzene rings is 1. The largest absolute Gasteiger partial charge is 0.303 e. The Balaban J connectivity index is 2.14. The molecule has 0 amide bonds. The summed E-state index contributed by atoms with van der Waals surface area (Å²) in [6.45, 7) is 0. The van der Waals surface area contributed by atoms with E-state index in [0.717, 1.165) is 24.0 Å². The Kier molecular flexibility index (Phi) is 2.88. The van der Waals surface area contributed by atoms with Gasteiger partial charge in [-0.15, -0.1) is 0 Å². The van der Waals surface area contributed by atoms with E-state index >= 15 is 0 Å². The van der Waals surface area contributed by atoms with Crippen LogP contribution >= 0.6 is 0 Å². The number of carbonyl (C=O) groups is 1. The summed E-state index contributed by atoms with van der Waals surface area (Å²) in [5, 5.41) is 8.06. The van der Waals surface area contributed by atoms with Gasteiger partial charge in [0.1, 0.15) is 6.29 Å². The summed E-state index contributed by atoms with van der Waals surface area (Å²) in [4.78, 5) is 11.8. The first-order chi connectivity index (χ1) is 7.40. The summed E-state index contributed by atoms with van der Waals surface area (Å²) < 4.78 is 0. The lowest BCUT2D eigenvalue weighted by molar-refractivity contribution is -0.107. The number of aromatic nitrogens is 3. The summed E-state index contributed by atoms with van der Waals surface area (Å²) in [6, 6.07) is 7.87. The Hall–Kier alpha value is -1.97. The monoisotopic (exact) mass is 201 g/mol. The molecule has 76 valence electrons. The molecular formula is C11H11N3O. The highest BCUT2D eigenvalue weighted by Crippen LogP contribution is 2.08. The summed E-state index contributed by atoms with van der Waals surface area (Å²) >= 11 is 0. The van der Waals surface area contributed by atoms with Crippen molar-refractivity contribution in [3.63, 3.8) is 0 Å². The van der Waals surface area contributed by atoms with E-state index in [-0.39, 0.29) is 0 Å². The molecule has 4 nitrogen and oxygen atoms in total. The predicted molar refractivity (Wildman–Crippen MR) is 55.7 cm³/mol. The van der Waals surface area contributed by atoms with E-state index in [0.29, 0.717) is 6.42 Å². The number of hydrogen-bond acceptors (Lipinski definition) is 3. The minimum atomic E-state index is 0.569. The van der Waals surface area contributed by atoms with E-state index in [1.54, 1.807) is 17.2 Å². The molecule has 0 aliphatic heterocycles. The fraction of sp³-hybridized carbons (Fsp3) is 0.182. The van der Waals surface area contributed by atoms with Crippen LogP contribution in [0.25, 0.3) is 5.69 Å². The first-order valence-electron chi connectivity index (χ1n) is 4.79. The Labute approximate surface area is 87.5 Å². The molecule has 1 aromatic heterocycles. The minimum absolute atomic E-state index is 0.569. The van der Waals surface area contributed by atoms with Gasteiger partial charge in [-0.25, -0.2) is 0 Å². The Morgan fingerprint density at radius 1 is 1.13 bits per heavy atom. The fourth-order valence-electron chi connectivity index (χ4n) is 1.37. The van der Waals surface area contributed by atoms with Crippen molar-refractivity contribution in [2.45, 2.75) is 12.8 Å². The molecule has 0 saturated heterocycles. The van der Waals surface area contributed by atoms with Gasteiger partial charge in [-0.05, 0) is 24.1 Å². The molecule has 15 heavy (non-hydrogen) atoms. The highest BCUT2D eigenvalue weighted by Gasteiger charge is 1.97. The molecule has 2 rings (SSSR count). The van der Waals surface area contributed by atoms with Crippen LogP contribution in [0.4, 0.5) is 0 Å². The predicted octanol–water partition coefficient (Wildman–Crippen LogP) is 1.40. The van der Waals surface area contributed by atoms with Gasteiger partial charge < -0.3 is 4.79 Å². The van der Waals surface area contributed by atoms with E-state index in [2.05, 4.69) is 10.2 Å². The van der Waals surface area contributed by atoms with Crippen LogP contribution in [0.5, 0.6) is 0 Å². The smallest absolute Gasteiger partial charge is 0.120 e. The van der Waals surface area contributed by atoms with Crippen molar-refractivity contribution < 1.29 is 4.79 Å². The number of nitrogens with zero attached hydrogens (tertiary/aromatic N) is 3. The second-order valence-electron chi connectivity index (χ2n) is 3.19. The maximum atomic E-state index is 10.2. The average molecular weight is 201 g/mol. The molecule has 4 heteroatoms. The van der Waals surface area contributed by atoms with Crippen molar-refractivity contribution >= 4 is 6.29 Å². The SMILES string of the molecule is O=CCCc1ccc(-n2nccn2)cc1. The zero-order valence-corrected chi connectivity index (χ0v) is 8.21. The van der Waals surface area contributed by atoms with Crippen molar-refractivity contribution in [2.24, 2.45) is 0 Å². The van der Waals surface area contributed by atoms with Crippen molar-refractivity contribution in [3.05, 3.63) is 42.2 Å². The molecule has 0 bridgehead atoms. The number of rotatable bonds is 4. The number of hydrogen-bond donors (Lipinski definition) is 0. The lowest BCUT2D eigenvalue weighted by atomic mass is 10.1. The molecule has 2 aromatic rings. The van der Waals surface area contributed by atoms with E-state index in [1.807, 2.05) is 24.3 Å². The van der Waals surface area contributed by atoms with Crippen LogP contribution in [0.2, 0.25) is 0 Å². The van der Waals surface area contributed by atoms with E-state index in [9.17, 15) is 4.79 Å². The highest BCUT2D eigenvalue weighted by molar-refractivity contribution is 5.50. The highest BCUT2D eigenvalue weighted by atomic mass is 16.1. The summed E-state index contributed by atoms with van der Waals surface area (Å²) in [6.07, 6.45) is 5.57. The number of aldehydes is 1. The summed E-state index contributed by atoms with van der Waals surface area (Å²) in [5.41, 5.74) is 2.08. The van der Waals surface area contributed by atoms with Crippen molar-refractivity contribution in [2.75, 3.05) is 0 Å². The quantitative estimate of drug-likeness (QED) is 0.702. The lowest BCUT2D eigenvalue weighted by Crippen LogP contribution is -1.98. The van der Waals surface area contributed by atoms with E-state index < -0.39 is 0 Å². The summed E-state index contributed by atoms with van der Waals surface area (Å²) in [5.74, 6) is 0. The molecule has 0 unspecified atom stereocenters. The fourth-order valence-corrected chi connectivity index (χ4v) is 1.37. The molecule has 0 radical (unpaired) electrons. The second kappa shape index (κ2) is 4.50. The number of carbonyl (C=O) groups excluding carboxylic acids is 1. The lowest BCUT2D eigenvalue weighted by Gasteiger charge is -2.01. The van der Waals surface area contributed by atoms with Gasteiger partial charge in [0.2, 0.25) is 0 Å². The first-order valence-corrected chi connectivity index (χ1v) is 4.79. The standard InChI is InChI=1S/C11H11N3O/c15-9-1-2-10-3-5-11(6-4-10)14-12-7-8-13-14/h3-9H,1-2H2. The molecule has 1 aromatic carbocycles. The van der Waals surface area contributed by atoms with Crippen molar-refractivity contribution in [3.8, 4) is 5.69 Å². The van der Waals surface area contributed by atoms with Gasteiger partial charge in [0, 0.05) is 6.42 Å². The van der Waals surface area contributed by atoms with Crippen LogP contribution < -0.4 is 0 Å². The van der Waals surface area contributed by atoms with E-state index in [1.165, 1.54) is 0 Å². The molecule has 0 spiro atoms. The zero-order valence-electron chi connectivity index (χ0n) is 8.21. The number of aryl methyl sites for hydroxylation is 1. The molecule has 1 heterocycles. The van der Waals surface area contributed by atoms with E-state index in [4.69, 9.17) is 0 Å². The van der Waals surface area contributed by atoms with Crippen LogP contribution in [0.15, 0.2) is 36.7 Å². The molecule has 0 saturated carbocycles. The molecule has 0 aliphatic rings. The molecular weight excluding hydrogens is 190 g/mol. The van der Waals surface area contributed by atoms with Crippen LogP contribution in [0, 0.1) is 0 Å². The van der Waals surface area contributed by atoms with Gasteiger partial charge in [0.05, 0.1) is 18.1 Å². The third kappa shape index (κ3) is 2.28. The van der Waals surface area contributed by atoms with Gasteiger partial charge in [0.25, 0.3) is 0 Å².